The van der Waals surface area contributed by atoms with Gasteiger partial charge in [0.2, 0.25) is 0 Å². The van der Waals surface area contributed by atoms with Gasteiger partial charge in [0.1, 0.15) is 0 Å². The number of alkyl halides is 1. The molecule has 0 saturated carbocycles. The molecule has 0 spiro atoms. The van der Waals surface area contributed by atoms with Crippen molar-refractivity contribution in [3.8, 4) is 0 Å². The normalized spacial score (nSPS) is 11.8. The maximum Gasteiger partial charge on any atom is 0.154 e. The van der Waals surface area contributed by atoms with E-state index in [1.165, 1.54) is 0 Å². The molecule has 2 aromatic rings. The van der Waals surface area contributed by atoms with Gasteiger partial charge in [0.15, 0.2) is 9.84 Å². The predicted octanol–water partition coefficient (Wildman–Crippen LogP) is 3.77. The SMILES string of the molecule is O=S(=O)(CCCCCl)Cc1cccc2ccccc12. The van der Waals surface area contributed by atoms with Gasteiger partial charge in [0.05, 0.1) is 11.5 Å². The zero-order valence-electron chi connectivity index (χ0n) is 10.7. The summed E-state index contributed by atoms with van der Waals surface area (Å²) in [5.74, 6) is 0.837. The maximum absolute atomic E-state index is 12.1. The summed E-state index contributed by atoms with van der Waals surface area (Å²) in [5.41, 5.74) is 0.879. The summed E-state index contributed by atoms with van der Waals surface area (Å²) < 4.78 is 24.2. The molecule has 0 amide bonds. The second kappa shape index (κ2) is 6.40. The van der Waals surface area contributed by atoms with E-state index >= 15 is 0 Å². The molecular formula is C15H17ClO2S. The van der Waals surface area contributed by atoms with Crippen LogP contribution in [-0.4, -0.2) is 20.1 Å². The summed E-state index contributed by atoms with van der Waals surface area (Å²) in [6, 6.07) is 13.7. The summed E-state index contributed by atoms with van der Waals surface area (Å²) in [7, 11) is -3.06. The van der Waals surface area contributed by atoms with Crippen molar-refractivity contribution in [3.63, 3.8) is 0 Å². The first kappa shape index (κ1) is 14.4. The number of hydrogen-bond donors (Lipinski definition) is 0. The van der Waals surface area contributed by atoms with Crippen LogP contribution in [0.3, 0.4) is 0 Å². The van der Waals surface area contributed by atoms with E-state index in [4.69, 9.17) is 11.6 Å². The van der Waals surface area contributed by atoms with Gasteiger partial charge in [-0.05, 0) is 29.2 Å². The first-order valence-corrected chi connectivity index (χ1v) is 8.71. The average molecular weight is 297 g/mol. The highest BCUT2D eigenvalue weighted by atomic mass is 35.5. The molecule has 0 heterocycles. The van der Waals surface area contributed by atoms with Gasteiger partial charge < -0.3 is 0 Å². The van der Waals surface area contributed by atoms with Crippen molar-refractivity contribution in [2.24, 2.45) is 0 Å². The highest BCUT2D eigenvalue weighted by Crippen LogP contribution is 2.21. The van der Waals surface area contributed by atoms with Crippen molar-refractivity contribution in [3.05, 3.63) is 48.0 Å². The maximum atomic E-state index is 12.1. The van der Waals surface area contributed by atoms with Crippen molar-refractivity contribution >= 4 is 32.2 Å². The number of hydrogen-bond acceptors (Lipinski definition) is 2. The van der Waals surface area contributed by atoms with Gasteiger partial charge in [-0.1, -0.05) is 42.5 Å². The molecule has 0 aromatic heterocycles. The van der Waals surface area contributed by atoms with Gasteiger partial charge in [-0.15, -0.1) is 11.6 Å². The predicted molar refractivity (Wildman–Crippen MR) is 81.4 cm³/mol. The number of rotatable bonds is 6. The third-order valence-electron chi connectivity index (χ3n) is 3.09. The highest BCUT2D eigenvalue weighted by molar-refractivity contribution is 7.90. The fraction of sp³-hybridized carbons (Fsp3) is 0.333. The van der Waals surface area contributed by atoms with Crippen LogP contribution in [0, 0.1) is 0 Å². The van der Waals surface area contributed by atoms with Crippen molar-refractivity contribution in [2.45, 2.75) is 18.6 Å². The van der Waals surface area contributed by atoms with Crippen molar-refractivity contribution in [1.82, 2.24) is 0 Å². The molecular weight excluding hydrogens is 280 g/mol. The second-order valence-electron chi connectivity index (χ2n) is 4.63. The Morgan fingerprint density at radius 2 is 1.68 bits per heavy atom. The van der Waals surface area contributed by atoms with E-state index in [0.29, 0.717) is 12.3 Å². The van der Waals surface area contributed by atoms with Crippen molar-refractivity contribution in [2.75, 3.05) is 11.6 Å². The summed E-state index contributed by atoms with van der Waals surface area (Å²) in [6.07, 6.45) is 1.38. The summed E-state index contributed by atoms with van der Waals surface area (Å²) in [5, 5.41) is 2.10. The van der Waals surface area contributed by atoms with Gasteiger partial charge >= 0.3 is 0 Å². The Morgan fingerprint density at radius 1 is 0.947 bits per heavy atom. The van der Waals surface area contributed by atoms with Gasteiger partial charge in [-0.3, -0.25) is 0 Å². The minimum atomic E-state index is -3.06. The Morgan fingerprint density at radius 3 is 2.47 bits per heavy atom. The Kier molecular flexibility index (Phi) is 4.83. The van der Waals surface area contributed by atoms with Crippen LogP contribution >= 0.6 is 11.6 Å². The van der Waals surface area contributed by atoms with E-state index in [0.717, 1.165) is 22.8 Å². The highest BCUT2D eigenvalue weighted by Gasteiger charge is 2.13. The molecule has 2 rings (SSSR count). The van der Waals surface area contributed by atoms with Gasteiger partial charge in [0, 0.05) is 5.88 Å². The van der Waals surface area contributed by atoms with E-state index in [1.807, 2.05) is 42.5 Å². The molecule has 2 nitrogen and oxygen atoms in total. The minimum Gasteiger partial charge on any atom is -0.228 e. The minimum absolute atomic E-state index is 0.108. The van der Waals surface area contributed by atoms with E-state index in [2.05, 4.69) is 0 Å². The first-order valence-electron chi connectivity index (χ1n) is 6.35. The van der Waals surface area contributed by atoms with Gasteiger partial charge in [-0.25, -0.2) is 8.42 Å². The van der Waals surface area contributed by atoms with Crippen LogP contribution in [0.1, 0.15) is 18.4 Å². The molecule has 4 heteroatoms. The molecule has 0 fully saturated rings. The lowest BCUT2D eigenvalue weighted by atomic mass is 10.1. The molecule has 0 radical (unpaired) electrons. The zero-order valence-corrected chi connectivity index (χ0v) is 12.3. The lowest BCUT2D eigenvalue weighted by Gasteiger charge is -2.07. The number of benzene rings is 2. The number of unbranched alkanes of at least 4 members (excludes halogenated alkanes) is 1. The monoisotopic (exact) mass is 296 g/mol. The number of halogens is 1. The van der Waals surface area contributed by atoms with E-state index in [9.17, 15) is 8.42 Å². The van der Waals surface area contributed by atoms with Crippen LogP contribution in [0.15, 0.2) is 42.5 Å². The lowest BCUT2D eigenvalue weighted by Crippen LogP contribution is -2.09. The Bertz CT molecular complexity index is 645. The first-order chi connectivity index (χ1) is 9.12. The van der Waals surface area contributed by atoms with Crippen LogP contribution in [0.5, 0.6) is 0 Å². The molecule has 2 aromatic carbocycles. The number of sulfone groups is 1. The lowest BCUT2D eigenvalue weighted by molar-refractivity contribution is 0.592. The standard InChI is InChI=1S/C15H17ClO2S/c16-10-3-4-11-19(17,18)12-14-8-5-7-13-6-1-2-9-15(13)14/h1-2,5-9H,3-4,10-12H2. The van der Waals surface area contributed by atoms with E-state index in [1.54, 1.807) is 0 Å². The molecule has 0 unspecified atom stereocenters. The molecule has 0 bridgehead atoms. The summed E-state index contributed by atoms with van der Waals surface area (Å²) in [4.78, 5) is 0. The number of fused-ring (bicyclic) bond motifs is 1. The van der Waals surface area contributed by atoms with E-state index in [-0.39, 0.29) is 11.5 Å². The van der Waals surface area contributed by atoms with Crippen molar-refractivity contribution in [1.29, 1.82) is 0 Å². The molecule has 0 atom stereocenters. The zero-order chi connectivity index (χ0) is 13.7. The molecule has 0 aliphatic rings. The van der Waals surface area contributed by atoms with Crippen LogP contribution in [0.4, 0.5) is 0 Å². The molecule has 0 N–H and O–H groups in total. The largest absolute Gasteiger partial charge is 0.228 e. The van der Waals surface area contributed by atoms with E-state index < -0.39 is 9.84 Å². The Hall–Kier alpha value is -1.06. The Labute approximate surface area is 119 Å². The second-order valence-corrected chi connectivity index (χ2v) is 7.19. The average Bonchev–Trinajstić information content (AvgIpc) is 2.39. The van der Waals surface area contributed by atoms with Crippen molar-refractivity contribution < 1.29 is 8.42 Å². The molecule has 0 aliphatic carbocycles. The molecule has 0 saturated heterocycles. The third-order valence-corrected chi connectivity index (χ3v) is 5.02. The van der Waals surface area contributed by atoms with Crippen LogP contribution < -0.4 is 0 Å². The smallest absolute Gasteiger partial charge is 0.154 e. The van der Waals surface area contributed by atoms with Crippen LogP contribution in [-0.2, 0) is 15.6 Å². The fourth-order valence-corrected chi connectivity index (χ4v) is 3.85. The molecule has 102 valence electrons. The topological polar surface area (TPSA) is 34.1 Å². The third kappa shape index (κ3) is 3.95. The van der Waals surface area contributed by atoms with Crippen LogP contribution in [0.2, 0.25) is 0 Å². The van der Waals surface area contributed by atoms with Crippen LogP contribution in [0.25, 0.3) is 10.8 Å². The quantitative estimate of drug-likeness (QED) is 0.600. The summed E-state index contributed by atoms with van der Waals surface area (Å²) in [6.45, 7) is 0. The Balaban J connectivity index is 2.21. The molecule has 0 aliphatic heterocycles. The summed E-state index contributed by atoms with van der Waals surface area (Å²) >= 11 is 5.57. The fourth-order valence-electron chi connectivity index (χ4n) is 2.14. The van der Waals surface area contributed by atoms with Gasteiger partial charge in [-0.2, -0.15) is 0 Å². The van der Waals surface area contributed by atoms with Gasteiger partial charge in [0.25, 0.3) is 0 Å². The molecule has 19 heavy (non-hydrogen) atoms.